The molecule has 1 aromatic heterocycles. The third kappa shape index (κ3) is 4.18. The van der Waals surface area contributed by atoms with Crippen molar-refractivity contribution in [2.75, 3.05) is 32.8 Å². The van der Waals surface area contributed by atoms with Gasteiger partial charge in [-0.3, -0.25) is 9.67 Å². The van der Waals surface area contributed by atoms with Gasteiger partial charge in [-0.1, -0.05) is 23.7 Å². The molecule has 0 amide bonds. The molecule has 1 saturated heterocycles. The number of nitrogens with zero attached hydrogens (tertiary/aromatic N) is 4. The largest absolute Gasteiger partial charge is 0.370 e. The van der Waals surface area contributed by atoms with Gasteiger partial charge in [-0.15, -0.1) is 0 Å². The Labute approximate surface area is 171 Å². The third-order valence-corrected chi connectivity index (χ3v) is 5.85. The van der Waals surface area contributed by atoms with Crippen molar-refractivity contribution in [1.82, 2.24) is 20.0 Å². The molecular weight excluding hydrogens is 374 g/mol. The molecule has 2 heterocycles. The monoisotopic (exact) mass is 401 g/mol. The molecule has 1 aliphatic carbocycles. The zero-order chi connectivity index (χ0) is 19.6. The van der Waals surface area contributed by atoms with Crippen LogP contribution in [0.15, 0.2) is 41.7 Å². The van der Waals surface area contributed by atoms with Crippen LogP contribution in [-0.4, -0.2) is 53.4 Å². The molecule has 1 atom stereocenters. The molecule has 2 fully saturated rings. The van der Waals surface area contributed by atoms with Crippen molar-refractivity contribution in [3.8, 4) is 0 Å². The van der Waals surface area contributed by atoms with Crippen LogP contribution < -0.4 is 5.32 Å². The van der Waals surface area contributed by atoms with E-state index in [1.165, 1.54) is 5.56 Å². The number of hydrogen-bond acceptors (Lipinski definition) is 3. The minimum Gasteiger partial charge on any atom is -0.370 e. The molecule has 28 heavy (non-hydrogen) atoms. The number of aryl methyl sites for hydroxylation is 1. The Kier molecular flexibility index (Phi) is 5.60. The van der Waals surface area contributed by atoms with E-state index in [0.717, 1.165) is 55.6 Å². The number of aromatic nitrogens is 2. The van der Waals surface area contributed by atoms with Crippen molar-refractivity contribution in [2.45, 2.75) is 31.3 Å². The smallest absolute Gasteiger partial charge is 0.194 e. The summed E-state index contributed by atoms with van der Waals surface area (Å²) >= 11 is 6.21. The maximum atomic E-state index is 6.21. The van der Waals surface area contributed by atoms with Crippen LogP contribution in [0, 0.1) is 0 Å². The fraction of sp³-hybridized carbons (Fsp3) is 0.524. The summed E-state index contributed by atoms with van der Waals surface area (Å²) in [5, 5.41) is 8.54. The van der Waals surface area contributed by atoms with E-state index in [1.54, 1.807) is 0 Å². The van der Waals surface area contributed by atoms with Crippen molar-refractivity contribution < 1.29 is 4.74 Å². The van der Waals surface area contributed by atoms with Gasteiger partial charge in [0.1, 0.15) is 6.10 Å². The van der Waals surface area contributed by atoms with Gasteiger partial charge in [0.05, 0.1) is 25.9 Å². The lowest BCUT2D eigenvalue weighted by atomic mass is 9.96. The van der Waals surface area contributed by atoms with E-state index in [-0.39, 0.29) is 11.5 Å². The number of ether oxygens (including phenoxy) is 1. The van der Waals surface area contributed by atoms with Crippen LogP contribution in [0.4, 0.5) is 0 Å². The molecule has 6 nitrogen and oxygen atoms in total. The van der Waals surface area contributed by atoms with Crippen LogP contribution in [0.5, 0.6) is 0 Å². The van der Waals surface area contributed by atoms with Crippen molar-refractivity contribution in [2.24, 2.45) is 12.0 Å². The normalized spacial score (nSPS) is 21.6. The molecule has 0 bridgehead atoms. The van der Waals surface area contributed by atoms with Crippen molar-refractivity contribution in [1.29, 1.82) is 0 Å². The Morgan fingerprint density at radius 1 is 1.43 bits per heavy atom. The second-order valence-corrected chi connectivity index (χ2v) is 8.15. The van der Waals surface area contributed by atoms with Gasteiger partial charge in [0.25, 0.3) is 0 Å². The quantitative estimate of drug-likeness (QED) is 0.617. The van der Waals surface area contributed by atoms with E-state index in [0.29, 0.717) is 6.61 Å². The molecule has 1 N–H and O–H groups in total. The Morgan fingerprint density at radius 3 is 2.96 bits per heavy atom. The molecule has 1 aliphatic heterocycles. The zero-order valence-electron chi connectivity index (χ0n) is 16.6. The third-order valence-electron chi connectivity index (χ3n) is 5.62. The lowest BCUT2D eigenvalue weighted by molar-refractivity contribution is -0.00805. The number of guanidine groups is 1. The summed E-state index contributed by atoms with van der Waals surface area (Å²) in [6.07, 6.45) is 6.26. The molecule has 2 aliphatic rings. The number of hydrogen-bond donors (Lipinski definition) is 1. The van der Waals surface area contributed by atoms with Gasteiger partial charge in [-0.25, -0.2) is 0 Å². The molecule has 0 radical (unpaired) electrons. The summed E-state index contributed by atoms with van der Waals surface area (Å²) in [5.41, 5.74) is 2.55. The van der Waals surface area contributed by atoms with E-state index in [2.05, 4.69) is 34.4 Å². The summed E-state index contributed by atoms with van der Waals surface area (Å²) in [7, 11) is 1.93. The maximum absolute atomic E-state index is 6.21. The zero-order valence-corrected chi connectivity index (χ0v) is 17.3. The first kappa shape index (κ1) is 19.3. The van der Waals surface area contributed by atoms with Gasteiger partial charge in [0.2, 0.25) is 0 Å². The first-order chi connectivity index (χ1) is 13.6. The van der Waals surface area contributed by atoms with Crippen LogP contribution >= 0.6 is 11.6 Å². The minimum absolute atomic E-state index is 0.0223. The van der Waals surface area contributed by atoms with E-state index in [9.17, 15) is 0 Å². The minimum atomic E-state index is 0.0223. The van der Waals surface area contributed by atoms with Gasteiger partial charge in [-0.2, -0.15) is 5.10 Å². The molecule has 2 aromatic rings. The number of halogens is 1. The summed E-state index contributed by atoms with van der Waals surface area (Å²) in [5.74, 6) is 0.966. The topological polar surface area (TPSA) is 54.7 Å². The molecule has 4 rings (SSSR count). The highest BCUT2D eigenvalue weighted by atomic mass is 35.5. The van der Waals surface area contributed by atoms with Gasteiger partial charge >= 0.3 is 0 Å². The average Bonchev–Trinajstić information content (AvgIpc) is 3.38. The van der Waals surface area contributed by atoms with E-state index >= 15 is 0 Å². The fourth-order valence-electron chi connectivity index (χ4n) is 3.81. The molecule has 7 heteroatoms. The standard InChI is InChI=1S/C21H28ClN5O/c1-3-23-20(24-15-21(7-8-21)17-5-4-6-18(22)11-17)27-9-10-28-19(14-27)16-12-25-26(2)13-16/h4-6,11-13,19H,3,7-10,14-15H2,1-2H3,(H,23,24). The van der Waals surface area contributed by atoms with Gasteiger partial charge in [-0.05, 0) is 37.5 Å². The van der Waals surface area contributed by atoms with Crippen molar-refractivity contribution >= 4 is 17.6 Å². The molecule has 150 valence electrons. The van der Waals surface area contributed by atoms with E-state index < -0.39 is 0 Å². The summed E-state index contributed by atoms with van der Waals surface area (Å²) in [6, 6.07) is 8.23. The maximum Gasteiger partial charge on any atom is 0.194 e. The SMILES string of the molecule is CCNC(=NCC1(c2cccc(Cl)c2)CC1)N1CCOC(c2cnn(C)c2)C1. The summed E-state index contributed by atoms with van der Waals surface area (Å²) in [6.45, 7) is 6.04. The van der Waals surface area contributed by atoms with Crippen LogP contribution in [0.25, 0.3) is 0 Å². The number of benzene rings is 1. The highest BCUT2D eigenvalue weighted by Crippen LogP contribution is 2.48. The van der Waals surface area contributed by atoms with Crippen LogP contribution in [0.2, 0.25) is 5.02 Å². The van der Waals surface area contributed by atoms with Crippen molar-refractivity contribution in [3.05, 3.63) is 52.8 Å². The summed E-state index contributed by atoms with van der Waals surface area (Å²) < 4.78 is 7.80. The molecule has 0 spiro atoms. The molecular formula is C21H28ClN5O. The highest BCUT2D eigenvalue weighted by molar-refractivity contribution is 6.30. The fourth-order valence-corrected chi connectivity index (χ4v) is 4.00. The Hall–Kier alpha value is -2.05. The lowest BCUT2D eigenvalue weighted by Crippen LogP contribution is -2.48. The second-order valence-electron chi connectivity index (χ2n) is 7.71. The number of rotatable bonds is 5. The molecule has 1 aromatic carbocycles. The van der Waals surface area contributed by atoms with E-state index in [1.807, 2.05) is 36.3 Å². The van der Waals surface area contributed by atoms with Gasteiger partial charge in [0.15, 0.2) is 5.96 Å². The average molecular weight is 402 g/mol. The first-order valence-electron chi connectivity index (χ1n) is 9.99. The predicted octanol–water partition coefficient (Wildman–Crippen LogP) is 3.14. The van der Waals surface area contributed by atoms with Crippen LogP contribution in [-0.2, 0) is 17.2 Å². The lowest BCUT2D eigenvalue weighted by Gasteiger charge is -2.35. The predicted molar refractivity (Wildman–Crippen MR) is 112 cm³/mol. The Bertz CT molecular complexity index is 845. The molecule has 1 saturated carbocycles. The molecule has 1 unspecified atom stereocenters. The van der Waals surface area contributed by atoms with Gasteiger partial charge in [0, 0.05) is 42.3 Å². The summed E-state index contributed by atoms with van der Waals surface area (Å²) in [4.78, 5) is 7.33. The highest BCUT2D eigenvalue weighted by Gasteiger charge is 2.44. The second kappa shape index (κ2) is 8.13. The Balaban J connectivity index is 1.48. The number of morpholine rings is 1. The number of aliphatic imine (C=N–C) groups is 1. The van der Waals surface area contributed by atoms with Gasteiger partial charge < -0.3 is 15.0 Å². The van der Waals surface area contributed by atoms with Crippen LogP contribution in [0.1, 0.15) is 37.0 Å². The van der Waals surface area contributed by atoms with Crippen molar-refractivity contribution in [3.63, 3.8) is 0 Å². The number of nitrogens with one attached hydrogen (secondary N) is 1. The first-order valence-corrected chi connectivity index (χ1v) is 10.4. The van der Waals surface area contributed by atoms with Crippen LogP contribution in [0.3, 0.4) is 0 Å². The van der Waals surface area contributed by atoms with E-state index in [4.69, 9.17) is 21.3 Å². The Morgan fingerprint density at radius 2 is 2.29 bits per heavy atom.